The molecule has 1 heterocycles. The van der Waals surface area contributed by atoms with E-state index in [4.69, 9.17) is 0 Å². The van der Waals surface area contributed by atoms with E-state index in [1.165, 1.54) is 4.31 Å². The Kier molecular flexibility index (Phi) is 6.97. The summed E-state index contributed by atoms with van der Waals surface area (Å²) < 4.78 is 43.0. The molecule has 1 fully saturated rings. The van der Waals surface area contributed by atoms with Gasteiger partial charge in [0.15, 0.2) is 0 Å². The van der Waals surface area contributed by atoms with Crippen molar-refractivity contribution in [2.75, 3.05) is 6.54 Å². The number of benzene rings is 1. The Morgan fingerprint density at radius 3 is 1.96 bits per heavy atom. The molecule has 0 saturated carbocycles. The molecule has 0 radical (unpaired) electrons. The molecule has 2 rings (SSSR count). The van der Waals surface area contributed by atoms with E-state index in [9.17, 15) is 12.8 Å². The van der Waals surface area contributed by atoms with E-state index in [1.54, 1.807) is 24.3 Å². The minimum atomic E-state index is -3.67. The number of nitrogens with zero attached hydrogens (tertiary/aromatic N) is 1. The fourth-order valence-corrected chi connectivity index (χ4v) is 13.6. The molecule has 0 unspecified atom stereocenters. The Labute approximate surface area is 166 Å². The number of aryl methyl sites for hydroxylation is 1. The highest BCUT2D eigenvalue weighted by Gasteiger charge is 2.50. The summed E-state index contributed by atoms with van der Waals surface area (Å²) in [5, 5.41) is 0. The summed E-state index contributed by atoms with van der Waals surface area (Å²) in [5.41, 5.74) is 2.46. The third-order valence-corrected chi connectivity index (χ3v) is 16.3. The van der Waals surface area contributed by atoms with Gasteiger partial charge in [-0.2, -0.15) is 4.31 Å². The Bertz CT molecular complexity index is 709. The fourth-order valence-electron chi connectivity index (χ4n) is 5.23. The maximum atomic E-state index is 15.0. The number of rotatable bonds is 7. The quantitative estimate of drug-likeness (QED) is 0.532. The van der Waals surface area contributed by atoms with Gasteiger partial charge >= 0.3 is 0 Å². The van der Waals surface area contributed by atoms with E-state index in [-0.39, 0.29) is 11.4 Å². The molecule has 3 nitrogen and oxygen atoms in total. The fraction of sp³-hybridized carbons (Fsp3) is 0.714. The minimum Gasteiger partial charge on any atom is -0.246 e. The van der Waals surface area contributed by atoms with Crippen LogP contribution < -0.4 is 0 Å². The van der Waals surface area contributed by atoms with Gasteiger partial charge in [-0.3, -0.25) is 0 Å². The number of sulfonamides is 1. The van der Waals surface area contributed by atoms with Crippen LogP contribution in [0.25, 0.3) is 0 Å². The highest BCUT2D eigenvalue weighted by atomic mass is 32.2. The summed E-state index contributed by atoms with van der Waals surface area (Å²) >= 11 is 0. The molecule has 1 aliphatic heterocycles. The molecule has 1 saturated heterocycles. The lowest BCUT2D eigenvalue weighted by Gasteiger charge is -2.46. The lowest BCUT2D eigenvalue weighted by molar-refractivity contribution is 0.271. The van der Waals surface area contributed by atoms with Gasteiger partial charge in [0, 0.05) is 6.54 Å². The summed E-state index contributed by atoms with van der Waals surface area (Å²) in [6.45, 7) is 15.7. The minimum absolute atomic E-state index is 0.276. The first-order chi connectivity index (χ1) is 12.4. The zero-order valence-electron chi connectivity index (χ0n) is 17.9. The van der Waals surface area contributed by atoms with E-state index >= 15 is 0 Å². The van der Waals surface area contributed by atoms with Crippen LogP contribution in [0.1, 0.15) is 53.5 Å². The lowest BCUT2D eigenvalue weighted by Crippen LogP contribution is -2.51. The first-order valence-corrected chi connectivity index (χ1v) is 14.0. The van der Waals surface area contributed by atoms with Gasteiger partial charge in [0.2, 0.25) is 10.0 Å². The molecule has 0 amide bonds. The van der Waals surface area contributed by atoms with Gasteiger partial charge in [-0.1, -0.05) is 75.9 Å². The molecular weight excluding hydrogens is 377 g/mol. The molecule has 0 aromatic heterocycles. The summed E-state index contributed by atoms with van der Waals surface area (Å²) in [4.78, 5) is 0.276. The van der Waals surface area contributed by atoms with Gasteiger partial charge in [0.25, 0.3) is 0 Å². The van der Waals surface area contributed by atoms with Crippen LogP contribution in [0.3, 0.4) is 0 Å². The molecule has 2 atom stereocenters. The zero-order valence-corrected chi connectivity index (χ0v) is 19.7. The first kappa shape index (κ1) is 22.6. The predicted molar refractivity (Wildman–Crippen MR) is 114 cm³/mol. The average molecular weight is 414 g/mol. The van der Waals surface area contributed by atoms with Crippen molar-refractivity contribution < 1.29 is 12.8 Å². The second kappa shape index (κ2) is 8.33. The van der Waals surface area contributed by atoms with E-state index in [0.717, 1.165) is 5.56 Å². The molecule has 27 heavy (non-hydrogen) atoms. The van der Waals surface area contributed by atoms with E-state index in [1.807, 2.05) is 6.92 Å². The van der Waals surface area contributed by atoms with Crippen molar-refractivity contribution >= 4 is 18.1 Å². The van der Waals surface area contributed by atoms with Crippen LogP contribution in [0.15, 0.2) is 29.2 Å². The molecular formula is C21H36FNO2SSi. The molecule has 154 valence electrons. The van der Waals surface area contributed by atoms with E-state index < -0.39 is 30.3 Å². The Morgan fingerprint density at radius 2 is 1.52 bits per heavy atom. The van der Waals surface area contributed by atoms with E-state index in [0.29, 0.717) is 29.1 Å². The van der Waals surface area contributed by atoms with Crippen molar-refractivity contribution in [2.45, 2.75) is 94.7 Å². The van der Waals surface area contributed by atoms with Gasteiger partial charge < -0.3 is 0 Å². The summed E-state index contributed by atoms with van der Waals surface area (Å²) in [7, 11) is -5.58. The Balaban J connectivity index is 2.43. The van der Waals surface area contributed by atoms with Crippen LogP contribution in [-0.2, 0) is 10.0 Å². The predicted octanol–water partition coefficient (Wildman–Crippen LogP) is 5.77. The van der Waals surface area contributed by atoms with Gasteiger partial charge in [0.05, 0.1) is 19.0 Å². The van der Waals surface area contributed by atoms with E-state index in [2.05, 4.69) is 41.5 Å². The molecule has 1 aromatic carbocycles. The lowest BCUT2D eigenvalue weighted by atomic mass is 10.2. The standard InChI is InChI=1S/C21H36FNO2SSi/c1-15(2)27(16(3)4,17(5)6)14-21-20(22)12-13-23(21)26(24,25)19-10-8-18(7)9-11-19/h8-11,15-17,20-21H,12-14H2,1-7H3/t20-,21-/m1/s1. The van der Waals surface area contributed by atoms with Crippen LogP contribution >= 0.6 is 0 Å². The Morgan fingerprint density at radius 1 is 1.04 bits per heavy atom. The van der Waals surface area contributed by atoms with Crippen molar-refractivity contribution in [1.29, 1.82) is 0 Å². The maximum absolute atomic E-state index is 15.0. The first-order valence-electron chi connectivity index (χ1n) is 10.2. The molecule has 0 aliphatic carbocycles. The molecule has 1 aliphatic rings. The van der Waals surface area contributed by atoms with Crippen molar-refractivity contribution in [3.05, 3.63) is 29.8 Å². The van der Waals surface area contributed by atoms with Crippen molar-refractivity contribution in [2.24, 2.45) is 0 Å². The maximum Gasteiger partial charge on any atom is 0.243 e. The SMILES string of the molecule is Cc1ccc(S(=O)(=O)N2CC[C@@H](F)[C@H]2C[Si](C(C)C)(C(C)C)C(C)C)cc1. The smallest absolute Gasteiger partial charge is 0.243 e. The molecule has 0 spiro atoms. The van der Waals surface area contributed by atoms with Gasteiger partial charge in [-0.05, 0) is 31.5 Å². The number of hydrogen-bond donors (Lipinski definition) is 0. The Hall–Kier alpha value is -0.723. The van der Waals surface area contributed by atoms with Crippen LogP contribution in [0.2, 0.25) is 22.7 Å². The number of alkyl halides is 1. The molecule has 0 N–H and O–H groups in total. The summed E-state index contributed by atoms with van der Waals surface area (Å²) in [6.07, 6.45) is -0.775. The molecule has 1 aromatic rings. The van der Waals surface area contributed by atoms with Crippen LogP contribution in [0, 0.1) is 6.92 Å². The van der Waals surface area contributed by atoms with Crippen molar-refractivity contribution in [3.63, 3.8) is 0 Å². The molecule has 6 heteroatoms. The van der Waals surface area contributed by atoms with Crippen LogP contribution in [0.5, 0.6) is 0 Å². The highest BCUT2D eigenvalue weighted by molar-refractivity contribution is 7.89. The second-order valence-electron chi connectivity index (χ2n) is 9.08. The topological polar surface area (TPSA) is 37.4 Å². The van der Waals surface area contributed by atoms with Gasteiger partial charge in [0.1, 0.15) is 6.17 Å². The summed E-state index contributed by atoms with van der Waals surface area (Å²) in [5.74, 6) is 0. The monoisotopic (exact) mass is 413 g/mol. The van der Waals surface area contributed by atoms with Crippen LogP contribution in [0.4, 0.5) is 4.39 Å². The van der Waals surface area contributed by atoms with Crippen molar-refractivity contribution in [3.8, 4) is 0 Å². The third-order valence-electron chi connectivity index (χ3n) is 6.83. The molecule has 0 bridgehead atoms. The third kappa shape index (κ3) is 4.17. The average Bonchev–Trinajstić information content (AvgIpc) is 2.93. The normalized spacial score (nSPS) is 22.3. The number of hydrogen-bond acceptors (Lipinski definition) is 2. The largest absolute Gasteiger partial charge is 0.246 e. The summed E-state index contributed by atoms with van der Waals surface area (Å²) in [6, 6.07) is 7.07. The van der Waals surface area contributed by atoms with Gasteiger partial charge in [-0.15, -0.1) is 0 Å². The van der Waals surface area contributed by atoms with Crippen LogP contribution in [-0.4, -0.2) is 39.6 Å². The van der Waals surface area contributed by atoms with Gasteiger partial charge in [-0.25, -0.2) is 12.8 Å². The second-order valence-corrected chi connectivity index (χ2v) is 17.1. The van der Waals surface area contributed by atoms with Crippen molar-refractivity contribution in [1.82, 2.24) is 4.31 Å². The zero-order chi connectivity index (χ0) is 20.6. The highest BCUT2D eigenvalue weighted by Crippen LogP contribution is 2.48. The number of halogens is 1.